The van der Waals surface area contributed by atoms with Gasteiger partial charge in [-0.15, -0.1) is 0 Å². The van der Waals surface area contributed by atoms with Crippen molar-refractivity contribution in [2.45, 2.75) is 61.9 Å². The Morgan fingerprint density at radius 1 is 1.00 bits per heavy atom. The molecule has 3 aliphatic rings. The zero-order chi connectivity index (χ0) is 37.9. The van der Waals surface area contributed by atoms with Gasteiger partial charge >= 0.3 is 12.0 Å². The van der Waals surface area contributed by atoms with E-state index >= 15 is 0 Å². The van der Waals surface area contributed by atoms with Crippen LogP contribution >= 0.6 is 23.2 Å². The summed E-state index contributed by atoms with van der Waals surface area (Å²) >= 11 is 13.0. The molecule has 13 nitrogen and oxygen atoms in total. The molecule has 5 heterocycles. The first kappa shape index (κ1) is 37.6. The van der Waals surface area contributed by atoms with Gasteiger partial charge in [-0.1, -0.05) is 35.3 Å². The number of hydrogen-bond acceptors (Lipinski definition) is 8. The number of carboxylic acid groups (broad SMARTS) is 1. The van der Waals surface area contributed by atoms with E-state index < -0.39 is 23.0 Å². The number of nitrogens with one attached hydrogen (secondary N) is 2. The van der Waals surface area contributed by atoms with Gasteiger partial charge in [0.15, 0.2) is 0 Å². The van der Waals surface area contributed by atoms with E-state index in [1.165, 1.54) is 4.90 Å². The summed E-state index contributed by atoms with van der Waals surface area (Å²) in [6.07, 6.45) is 8.02. The van der Waals surface area contributed by atoms with Crippen LogP contribution in [0.15, 0.2) is 67.0 Å². The number of carbonyl (C=O) groups excluding carboxylic acids is 2. The molecule has 3 fully saturated rings. The molecular weight excluding hydrogens is 731 g/mol. The lowest BCUT2D eigenvalue weighted by Gasteiger charge is -2.44. The van der Waals surface area contributed by atoms with Gasteiger partial charge in [0.2, 0.25) is 0 Å². The number of H-pyrrole nitrogens is 1. The van der Waals surface area contributed by atoms with Crippen LogP contribution in [0.2, 0.25) is 10.0 Å². The van der Waals surface area contributed by atoms with Crippen LogP contribution in [0.5, 0.6) is 5.75 Å². The minimum Gasteiger partial charge on any atom is -0.496 e. The zero-order valence-corrected chi connectivity index (χ0v) is 31.7. The van der Waals surface area contributed by atoms with Crippen molar-refractivity contribution in [2.75, 3.05) is 46.4 Å². The number of pyridine rings is 1. The molecule has 3 N–H and O–H groups in total. The summed E-state index contributed by atoms with van der Waals surface area (Å²) in [6, 6.07) is 15.7. The Labute approximate surface area is 324 Å². The molecule has 2 aromatic heterocycles. The van der Waals surface area contributed by atoms with E-state index in [1.807, 2.05) is 47.4 Å². The van der Waals surface area contributed by atoms with Crippen LogP contribution in [0.25, 0.3) is 11.3 Å². The third-order valence-electron chi connectivity index (χ3n) is 11.5. The minimum absolute atomic E-state index is 0.133. The molecule has 3 saturated heterocycles. The number of aromatic amines is 1. The number of rotatable bonds is 10. The van der Waals surface area contributed by atoms with Crippen molar-refractivity contribution in [1.82, 2.24) is 40.4 Å². The van der Waals surface area contributed by atoms with Crippen LogP contribution in [0.4, 0.5) is 4.79 Å². The highest BCUT2D eigenvalue weighted by molar-refractivity contribution is 6.42. The predicted molar refractivity (Wildman–Crippen MR) is 204 cm³/mol. The number of nitrogens with zero attached hydrogens (tertiary/aromatic N) is 6. The number of aromatic nitrogens is 4. The van der Waals surface area contributed by atoms with Gasteiger partial charge in [0, 0.05) is 49.9 Å². The van der Waals surface area contributed by atoms with Crippen molar-refractivity contribution in [2.24, 2.45) is 0 Å². The van der Waals surface area contributed by atoms with Gasteiger partial charge in [-0.05, 0) is 99.5 Å². The first-order valence-corrected chi connectivity index (χ1v) is 19.1. The fourth-order valence-electron chi connectivity index (χ4n) is 8.33. The number of piperidine rings is 2. The van der Waals surface area contributed by atoms with Gasteiger partial charge in [-0.25, -0.2) is 9.59 Å². The standard InChI is InChI=1S/C39H44Cl2N8O5/c1-54-33-11-8-26(31-24-43-46-45-31)22-28(33)35(50)48-21-13-38(25-48,27-9-10-29(40)30(41)23-27)12-18-47-19-14-39(15-20-47,34-7-2-4-16-42-34)44-37(53)49-17-5-3-6-32(49)36(51)52/h2,4,7-11,16,22-24,32H,3,5-6,12-15,17-21,25H2,1H3,(H,44,53)(H,51,52)(H,43,45,46). The number of likely N-dealkylation sites (tertiary alicyclic amines) is 3. The van der Waals surface area contributed by atoms with Crippen LogP contribution in [0.3, 0.4) is 0 Å². The molecule has 3 amide bonds. The van der Waals surface area contributed by atoms with Crippen molar-refractivity contribution in [1.29, 1.82) is 0 Å². The number of aliphatic carboxylic acids is 1. The molecule has 3 aliphatic heterocycles. The van der Waals surface area contributed by atoms with Crippen LogP contribution in [0, 0.1) is 0 Å². The maximum absolute atomic E-state index is 14.2. The number of ether oxygens (including phenoxy) is 1. The number of carboxylic acids is 1. The summed E-state index contributed by atoms with van der Waals surface area (Å²) in [6.45, 7) is 3.54. The Bertz CT molecular complexity index is 1970. The molecule has 2 unspecified atom stereocenters. The van der Waals surface area contributed by atoms with E-state index in [4.69, 9.17) is 27.9 Å². The zero-order valence-electron chi connectivity index (χ0n) is 30.1. The van der Waals surface area contributed by atoms with E-state index in [9.17, 15) is 19.5 Å². The third-order valence-corrected chi connectivity index (χ3v) is 12.2. The van der Waals surface area contributed by atoms with Gasteiger partial charge in [-0.2, -0.15) is 15.4 Å². The van der Waals surface area contributed by atoms with Crippen molar-refractivity contribution in [3.8, 4) is 17.0 Å². The molecule has 4 aromatic rings. The van der Waals surface area contributed by atoms with Crippen molar-refractivity contribution in [3.05, 3.63) is 93.9 Å². The molecule has 0 bridgehead atoms. The second-order valence-corrected chi connectivity index (χ2v) is 15.3. The van der Waals surface area contributed by atoms with Crippen molar-refractivity contribution in [3.63, 3.8) is 0 Å². The molecule has 54 heavy (non-hydrogen) atoms. The molecule has 284 valence electrons. The lowest BCUT2D eigenvalue weighted by molar-refractivity contribution is -0.143. The van der Waals surface area contributed by atoms with Gasteiger partial charge in [-0.3, -0.25) is 9.78 Å². The van der Waals surface area contributed by atoms with Gasteiger partial charge in [0.25, 0.3) is 5.91 Å². The van der Waals surface area contributed by atoms with Gasteiger partial charge in [0.05, 0.1) is 40.1 Å². The Kier molecular flexibility index (Phi) is 11.1. The van der Waals surface area contributed by atoms with E-state index in [0.717, 1.165) is 49.0 Å². The predicted octanol–water partition coefficient (Wildman–Crippen LogP) is 6.00. The lowest BCUT2D eigenvalue weighted by Crippen LogP contribution is -2.59. The highest BCUT2D eigenvalue weighted by Gasteiger charge is 2.45. The molecule has 0 aliphatic carbocycles. The number of benzene rings is 2. The lowest BCUT2D eigenvalue weighted by atomic mass is 9.76. The number of carbonyl (C=O) groups is 3. The molecular formula is C39H44Cl2N8O5. The average molecular weight is 776 g/mol. The second kappa shape index (κ2) is 15.9. The Balaban J connectivity index is 1.09. The monoisotopic (exact) mass is 774 g/mol. The van der Waals surface area contributed by atoms with Crippen LogP contribution < -0.4 is 10.1 Å². The van der Waals surface area contributed by atoms with Crippen molar-refractivity contribution < 1.29 is 24.2 Å². The van der Waals surface area contributed by atoms with Crippen molar-refractivity contribution >= 4 is 41.1 Å². The molecule has 7 rings (SSSR count). The van der Waals surface area contributed by atoms with Crippen LogP contribution in [-0.4, -0.2) is 111 Å². The number of urea groups is 1. The molecule has 15 heteroatoms. The van der Waals surface area contributed by atoms with E-state index in [1.54, 1.807) is 31.6 Å². The Hall–Kier alpha value is -4.72. The summed E-state index contributed by atoms with van der Waals surface area (Å²) < 4.78 is 5.62. The Morgan fingerprint density at radius 3 is 2.54 bits per heavy atom. The molecule has 2 aromatic carbocycles. The first-order valence-electron chi connectivity index (χ1n) is 18.4. The fourth-order valence-corrected chi connectivity index (χ4v) is 8.63. The largest absolute Gasteiger partial charge is 0.496 e. The third kappa shape index (κ3) is 7.62. The molecule has 2 atom stereocenters. The normalized spacial score (nSPS) is 21.5. The van der Waals surface area contributed by atoms with E-state index in [2.05, 4.69) is 30.6 Å². The topological polar surface area (TPSA) is 157 Å². The number of amides is 3. The quantitative estimate of drug-likeness (QED) is 0.176. The minimum atomic E-state index is -0.978. The van der Waals surface area contributed by atoms with Crippen LogP contribution in [0.1, 0.15) is 66.6 Å². The Morgan fingerprint density at radius 2 is 1.83 bits per heavy atom. The average Bonchev–Trinajstić information content (AvgIpc) is 3.91. The smallest absolute Gasteiger partial charge is 0.326 e. The molecule has 0 spiro atoms. The van der Waals surface area contributed by atoms with Gasteiger partial charge < -0.3 is 29.9 Å². The highest BCUT2D eigenvalue weighted by atomic mass is 35.5. The van der Waals surface area contributed by atoms with E-state index in [0.29, 0.717) is 79.0 Å². The summed E-state index contributed by atoms with van der Waals surface area (Å²) in [4.78, 5) is 50.4. The number of halogens is 2. The molecule has 0 radical (unpaired) electrons. The van der Waals surface area contributed by atoms with E-state index in [-0.39, 0.29) is 11.9 Å². The first-order chi connectivity index (χ1) is 26.1. The number of hydrogen-bond donors (Lipinski definition) is 3. The fraction of sp³-hybridized carbons (Fsp3) is 0.436. The maximum Gasteiger partial charge on any atom is 0.326 e. The SMILES string of the molecule is COc1ccc(-c2cn[nH]n2)cc1C(=O)N1CCC(CCN2CCC(NC(=O)N3CCCCC3C(=O)O)(c3ccccn3)CC2)(c2ccc(Cl)c(Cl)c2)C1. The summed E-state index contributed by atoms with van der Waals surface area (Å²) in [7, 11) is 1.55. The summed E-state index contributed by atoms with van der Waals surface area (Å²) in [5.74, 6) is -0.629. The van der Waals surface area contributed by atoms with Gasteiger partial charge in [0.1, 0.15) is 17.5 Å². The number of methoxy groups -OCH3 is 1. The summed E-state index contributed by atoms with van der Waals surface area (Å²) in [5.41, 5.74) is 2.48. The second-order valence-electron chi connectivity index (χ2n) is 14.5. The highest BCUT2D eigenvalue weighted by Crippen LogP contribution is 2.42. The van der Waals surface area contributed by atoms with Crippen LogP contribution in [-0.2, 0) is 15.7 Å². The summed E-state index contributed by atoms with van der Waals surface area (Å²) in [5, 5.41) is 24.8. The molecule has 0 saturated carbocycles. The maximum atomic E-state index is 14.2.